The number of esters is 1. The molecule has 0 radical (unpaired) electrons. The molecule has 1 aromatic carbocycles. The summed E-state index contributed by atoms with van der Waals surface area (Å²) in [6, 6.07) is 7.38. The summed E-state index contributed by atoms with van der Waals surface area (Å²) in [5, 5.41) is 2.97. The third kappa shape index (κ3) is 4.69. The molecule has 1 aliphatic carbocycles. The van der Waals surface area contributed by atoms with Crippen molar-refractivity contribution in [1.29, 1.82) is 0 Å². The second-order valence-electron chi connectivity index (χ2n) is 5.49. The number of ether oxygens (including phenoxy) is 1. The smallest absolute Gasteiger partial charge is 0.339 e. The first kappa shape index (κ1) is 16.3. The van der Waals surface area contributed by atoms with Crippen molar-refractivity contribution < 1.29 is 14.3 Å². The summed E-state index contributed by atoms with van der Waals surface area (Å²) in [6.07, 6.45) is 4.54. The van der Waals surface area contributed by atoms with Crippen LogP contribution in [0.5, 0.6) is 0 Å². The lowest BCUT2D eigenvalue weighted by Gasteiger charge is -2.29. The zero-order valence-corrected chi connectivity index (χ0v) is 14.3. The average Bonchev–Trinajstić information content (AvgIpc) is 2.48. The molecule has 1 saturated carbocycles. The fourth-order valence-electron chi connectivity index (χ4n) is 2.61. The van der Waals surface area contributed by atoms with E-state index < -0.39 is 5.97 Å². The van der Waals surface area contributed by atoms with Gasteiger partial charge in [0.2, 0.25) is 0 Å². The third-order valence-electron chi connectivity index (χ3n) is 3.89. The normalized spacial score (nSPS) is 21.6. The molecule has 4 nitrogen and oxygen atoms in total. The van der Waals surface area contributed by atoms with Crippen molar-refractivity contribution in [3.63, 3.8) is 0 Å². The Kier molecular flexibility index (Phi) is 6.02. The molecule has 5 heteroatoms. The molecule has 1 aromatic rings. The Labute approximate surface area is 138 Å². The van der Waals surface area contributed by atoms with Crippen molar-refractivity contribution in [3.8, 4) is 0 Å². The molecular formula is C16H20INO3. The van der Waals surface area contributed by atoms with Gasteiger partial charge in [-0.1, -0.05) is 31.9 Å². The van der Waals surface area contributed by atoms with Crippen LogP contribution >= 0.6 is 22.6 Å². The van der Waals surface area contributed by atoms with E-state index in [2.05, 4.69) is 34.8 Å². The number of carbonyl (C=O) groups excluding carboxylic acids is 2. The molecule has 1 fully saturated rings. The first-order valence-corrected chi connectivity index (χ1v) is 8.37. The molecule has 0 unspecified atom stereocenters. The highest BCUT2D eigenvalue weighted by atomic mass is 127. The van der Waals surface area contributed by atoms with Gasteiger partial charge in [0.1, 0.15) is 0 Å². The first-order chi connectivity index (χ1) is 10.1. The van der Waals surface area contributed by atoms with E-state index in [-0.39, 0.29) is 18.6 Å². The van der Waals surface area contributed by atoms with Gasteiger partial charge < -0.3 is 10.1 Å². The van der Waals surface area contributed by atoms with Crippen LogP contribution in [0.2, 0.25) is 0 Å². The van der Waals surface area contributed by atoms with Gasteiger partial charge in [-0.2, -0.15) is 0 Å². The molecule has 1 amide bonds. The molecular weight excluding hydrogens is 381 g/mol. The van der Waals surface area contributed by atoms with Crippen molar-refractivity contribution in [2.75, 3.05) is 6.61 Å². The maximum Gasteiger partial charge on any atom is 0.339 e. The number of carbonyl (C=O) groups is 2. The number of hydrogen-bond acceptors (Lipinski definition) is 3. The fraction of sp³-hybridized carbons (Fsp3) is 0.500. The Morgan fingerprint density at radius 2 is 2.00 bits per heavy atom. The molecule has 114 valence electrons. The lowest BCUT2D eigenvalue weighted by Crippen LogP contribution is -2.42. The summed E-state index contributed by atoms with van der Waals surface area (Å²) in [7, 11) is 0. The van der Waals surface area contributed by atoms with E-state index in [0.29, 0.717) is 11.5 Å². The Morgan fingerprint density at radius 3 is 2.71 bits per heavy atom. The predicted octanol–water partition coefficient (Wildman–Crippen LogP) is 3.14. The largest absolute Gasteiger partial charge is 0.452 e. The number of rotatable bonds is 4. The minimum atomic E-state index is -0.452. The number of benzene rings is 1. The van der Waals surface area contributed by atoms with Crippen molar-refractivity contribution in [3.05, 3.63) is 33.4 Å². The van der Waals surface area contributed by atoms with Gasteiger partial charge in [0, 0.05) is 9.61 Å². The minimum absolute atomic E-state index is 0.210. The van der Waals surface area contributed by atoms with Gasteiger partial charge in [-0.3, -0.25) is 4.79 Å². The zero-order valence-electron chi connectivity index (χ0n) is 12.1. The number of amides is 1. The second-order valence-corrected chi connectivity index (χ2v) is 6.65. The lowest BCUT2D eigenvalue weighted by atomic mass is 9.86. The van der Waals surface area contributed by atoms with E-state index in [1.165, 1.54) is 6.42 Å². The lowest BCUT2D eigenvalue weighted by molar-refractivity contribution is -0.125. The van der Waals surface area contributed by atoms with Crippen molar-refractivity contribution in [2.24, 2.45) is 5.92 Å². The maximum absolute atomic E-state index is 11.9. The highest BCUT2D eigenvalue weighted by Gasteiger charge is 2.23. The Hall–Kier alpha value is -1.11. The Balaban J connectivity index is 1.81. The van der Waals surface area contributed by atoms with Crippen LogP contribution in [0.4, 0.5) is 0 Å². The molecule has 0 bridgehead atoms. The molecule has 0 aromatic heterocycles. The zero-order chi connectivity index (χ0) is 15.2. The highest BCUT2D eigenvalue weighted by Crippen LogP contribution is 2.23. The van der Waals surface area contributed by atoms with Gasteiger partial charge in [0.25, 0.3) is 5.91 Å². The van der Waals surface area contributed by atoms with E-state index in [1.807, 2.05) is 12.1 Å². The van der Waals surface area contributed by atoms with E-state index in [9.17, 15) is 9.59 Å². The number of hydrogen-bond donors (Lipinski definition) is 1. The van der Waals surface area contributed by atoms with Crippen LogP contribution < -0.4 is 5.32 Å². The Morgan fingerprint density at radius 1 is 1.29 bits per heavy atom. The fourth-order valence-corrected chi connectivity index (χ4v) is 3.22. The van der Waals surface area contributed by atoms with Gasteiger partial charge in [-0.05, 0) is 53.5 Å². The summed E-state index contributed by atoms with van der Waals surface area (Å²) >= 11 is 2.08. The van der Waals surface area contributed by atoms with E-state index in [4.69, 9.17) is 4.74 Å². The quantitative estimate of drug-likeness (QED) is 0.623. The molecule has 0 spiro atoms. The van der Waals surface area contributed by atoms with Gasteiger partial charge in [0.05, 0.1) is 5.56 Å². The number of halogens is 1. The average molecular weight is 401 g/mol. The monoisotopic (exact) mass is 401 g/mol. The molecule has 1 aliphatic rings. The third-order valence-corrected chi connectivity index (χ3v) is 4.83. The van der Waals surface area contributed by atoms with Gasteiger partial charge in [0.15, 0.2) is 6.61 Å². The minimum Gasteiger partial charge on any atom is -0.452 e. The maximum atomic E-state index is 11.9. The molecule has 0 saturated heterocycles. The second kappa shape index (κ2) is 7.77. The summed E-state index contributed by atoms with van der Waals surface area (Å²) < 4.78 is 5.91. The Bertz CT molecular complexity index is 518. The summed E-state index contributed by atoms with van der Waals surface area (Å²) in [5.74, 6) is -0.173. The van der Waals surface area contributed by atoms with E-state index in [1.54, 1.807) is 12.1 Å². The van der Waals surface area contributed by atoms with Crippen LogP contribution in [0.25, 0.3) is 0 Å². The molecule has 2 atom stereocenters. The standard InChI is InChI=1S/C16H20INO3/c1-11-6-2-5-9-14(11)18-15(19)10-21-16(20)12-7-3-4-8-13(12)17/h3-4,7-8,11,14H,2,5-6,9-10H2,1H3,(H,18,19)/t11-,14-/m1/s1. The van der Waals surface area contributed by atoms with Crippen LogP contribution in [-0.4, -0.2) is 24.5 Å². The van der Waals surface area contributed by atoms with Crippen molar-refractivity contribution in [1.82, 2.24) is 5.32 Å². The topological polar surface area (TPSA) is 55.4 Å². The van der Waals surface area contributed by atoms with Gasteiger partial charge in [-0.15, -0.1) is 0 Å². The summed E-state index contributed by atoms with van der Waals surface area (Å²) in [4.78, 5) is 23.8. The van der Waals surface area contributed by atoms with E-state index >= 15 is 0 Å². The molecule has 2 rings (SSSR count). The highest BCUT2D eigenvalue weighted by molar-refractivity contribution is 14.1. The summed E-state index contributed by atoms with van der Waals surface area (Å²) in [5.41, 5.74) is 0.497. The number of nitrogens with one attached hydrogen (secondary N) is 1. The van der Waals surface area contributed by atoms with Gasteiger partial charge in [-0.25, -0.2) is 4.79 Å². The van der Waals surface area contributed by atoms with Crippen LogP contribution in [0.15, 0.2) is 24.3 Å². The predicted molar refractivity (Wildman–Crippen MR) is 89.0 cm³/mol. The van der Waals surface area contributed by atoms with Crippen LogP contribution in [0.1, 0.15) is 43.0 Å². The van der Waals surface area contributed by atoms with Crippen LogP contribution in [-0.2, 0) is 9.53 Å². The molecule has 0 aliphatic heterocycles. The van der Waals surface area contributed by atoms with Gasteiger partial charge >= 0.3 is 5.97 Å². The first-order valence-electron chi connectivity index (χ1n) is 7.29. The van der Waals surface area contributed by atoms with Crippen molar-refractivity contribution >= 4 is 34.5 Å². The van der Waals surface area contributed by atoms with Crippen molar-refractivity contribution in [2.45, 2.75) is 38.6 Å². The SMILES string of the molecule is C[C@@H]1CCCC[C@H]1NC(=O)COC(=O)c1ccccc1I. The van der Waals surface area contributed by atoms with E-state index in [0.717, 1.165) is 22.8 Å². The summed E-state index contributed by atoms with van der Waals surface area (Å²) in [6.45, 7) is 1.94. The molecule has 1 N–H and O–H groups in total. The van der Waals surface area contributed by atoms with Crippen LogP contribution in [0, 0.1) is 9.49 Å². The molecule has 21 heavy (non-hydrogen) atoms. The molecule has 0 heterocycles. The van der Waals surface area contributed by atoms with Crippen LogP contribution in [0.3, 0.4) is 0 Å².